The topological polar surface area (TPSA) is 30.9 Å². The van der Waals surface area contributed by atoms with Gasteiger partial charge in [-0.3, -0.25) is 4.90 Å². The molecule has 1 aromatic rings. The quantitative estimate of drug-likeness (QED) is 0.684. The van der Waals surface area contributed by atoms with Crippen molar-refractivity contribution in [3.63, 3.8) is 0 Å². The van der Waals surface area contributed by atoms with Crippen LogP contribution in [0.4, 0.5) is 0 Å². The summed E-state index contributed by atoms with van der Waals surface area (Å²) in [6, 6.07) is 7.90. The van der Waals surface area contributed by atoms with Gasteiger partial charge in [0.25, 0.3) is 0 Å². The minimum atomic E-state index is 0.726. The first-order chi connectivity index (χ1) is 9.90. The third kappa shape index (κ3) is 5.02. The molecule has 20 heavy (non-hydrogen) atoms. The zero-order valence-electron chi connectivity index (χ0n) is 12.3. The summed E-state index contributed by atoms with van der Waals surface area (Å²) in [4.78, 5) is 2.42. The molecule has 0 spiro atoms. The molecule has 0 bridgehead atoms. The summed E-state index contributed by atoms with van der Waals surface area (Å²) in [5, 5.41) is 0. The molecule has 0 saturated carbocycles. The Morgan fingerprint density at radius 3 is 2.35 bits per heavy atom. The first-order valence-corrected chi connectivity index (χ1v) is 7.55. The average Bonchev–Trinajstić information content (AvgIpc) is 2.51. The van der Waals surface area contributed by atoms with Crippen molar-refractivity contribution in [3.8, 4) is 11.5 Å². The minimum absolute atomic E-state index is 0.726. The van der Waals surface area contributed by atoms with E-state index >= 15 is 0 Å². The van der Waals surface area contributed by atoms with Gasteiger partial charge in [-0.25, -0.2) is 0 Å². The molecule has 1 fully saturated rings. The molecule has 112 valence electrons. The first kappa shape index (κ1) is 15.1. The predicted octanol–water partition coefficient (Wildman–Crippen LogP) is 2.58. The van der Waals surface area contributed by atoms with Crippen LogP contribution in [0.5, 0.6) is 11.5 Å². The molecular formula is C16H25NO3. The zero-order chi connectivity index (χ0) is 14.0. The molecule has 2 rings (SSSR count). The van der Waals surface area contributed by atoms with Gasteiger partial charge in [0.2, 0.25) is 0 Å². The van der Waals surface area contributed by atoms with Crippen molar-refractivity contribution in [1.29, 1.82) is 0 Å². The van der Waals surface area contributed by atoms with Gasteiger partial charge in [-0.1, -0.05) is 19.1 Å². The van der Waals surface area contributed by atoms with E-state index in [-0.39, 0.29) is 0 Å². The Bertz CT molecular complexity index is 378. The molecule has 0 unspecified atom stereocenters. The average molecular weight is 279 g/mol. The molecule has 1 saturated heterocycles. The van der Waals surface area contributed by atoms with Crippen LogP contribution in [0.2, 0.25) is 0 Å². The molecule has 1 aliphatic heterocycles. The molecule has 0 aromatic heterocycles. The van der Waals surface area contributed by atoms with Crippen LogP contribution in [0, 0.1) is 0 Å². The van der Waals surface area contributed by atoms with E-state index in [9.17, 15) is 0 Å². The molecule has 0 amide bonds. The van der Waals surface area contributed by atoms with E-state index in [4.69, 9.17) is 14.2 Å². The fraction of sp³-hybridized carbons (Fsp3) is 0.625. The van der Waals surface area contributed by atoms with E-state index in [1.165, 1.54) is 0 Å². The van der Waals surface area contributed by atoms with E-state index in [0.29, 0.717) is 0 Å². The Hall–Kier alpha value is -1.26. The molecule has 0 atom stereocenters. The lowest BCUT2D eigenvalue weighted by Crippen LogP contribution is -2.37. The zero-order valence-corrected chi connectivity index (χ0v) is 12.3. The van der Waals surface area contributed by atoms with Crippen LogP contribution in [-0.4, -0.2) is 51.0 Å². The summed E-state index contributed by atoms with van der Waals surface area (Å²) < 4.78 is 16.9. The smallest absolute Gasteiger partial charge is 0.161 e. The Balaban J connectivity index is 1.70. The van der Waals surface area contributed by atoms with Crippen LogP contribution in [0.25, 0.3) is 0 Å². The van der Waals surface area contributed by atoms with Gasteiger partial charge in [0.05, 0.1) is 26.4 Å². The number of nitrogens with zero attached hydrogens (tertiary/aromatic N) is 1. The summed E-state index contributed by atoms with van der Waals surface area (Å²) in [7, 11) is 0. The second-order valence-electron chi connectivity index (χ2n) is 4.95. The molecule has 1 aliphatic rings. The molecule has 1 heterocycles. The number of benzene rings is 1. The van der Waals surface area contributed by atoms with E-state index in [1.807, 2.05) is 24.3 Å². The molecular weight excluding hydrogens is 254 g/mol. The maximum Gasteiger partial charge on any atom is 0.161 e. The molecule has 0 aliphatic carbocycles. The largest absolute Gasteiger partial charge is 0.490 e. The Morgan fingerprint density at radius 2 is 1.70 bits per heavy atom. The van der Waals surface area contributed by atoms with Crippen molar-refractivity contribution < 1.29 is 14.2 Å². The third-order valence-electron chi connectivity index (χ3n) is 3.29. The highest BCUT2D eigenvalue weighted by atomic mass is 16.5. The Kier molecular flexibility index (Phi) is 6.68. The molecule has 0 radical (unpaired) electrons. The van der Waals surface area contributed by atoms with Crippen LogP contribution in [-0.2, 0) is 4.74 Å². The number of ether oxygens (including phenoxy) is 3. The van der Waals surface area contributed by atoms with Crippen LogP contribution in [0.3, 0.4) is 0 Å². The highest BCUT2D eigenvalue weighted by Gasteiger charge is 2.09. The van der Waals surface area contributed by atoms with Crippen molar-refractivity contribution in [2.24, 2.45) is 0 Å². The van der Waals surface area contributed by atoms with Crippen LogP contribution in [0.15, 0.2) is 24.3 Å². The lowest BCUT2D eigenvalue weighted by molar-refractivity contribution is 0.0357. The molecule has 1 aromatic carbocycles. The maximum atomic E-state index is 5.84. The first-order valence-electron chi connectivity index (χ1n) is 7.55. The number of hydrogen-bond donors (Lipinski definition) is 0. The summed E-state index contributed by atoms with van der Waals surface area (Å²) in [6.07, 6.45) is 2.04. The summed E-state index contributed by atoms with van der Waals surface area (Å²) in [5.74, 6) is 1.70. The van der Waals surface area contributed by atoms with Crippen LogP contribution < -0.4 is 9.47 Å². The highest BCUT2D eigenvalue weighted by molar-refractivity contribution is 5.39. The van der Waals surface area contributed by atoms with Gasteiger partial charge in [-0.05, 0) is 25.0 Å². The summed E-state index contributed by atoms with van der Waals surface area (Å²) in [5.41, 5.74) is 0. The van der Waals surface area contributed by atoms with E-state index in [1.54, 1.807) is 0 Å². The fourth-order valence-electron chi connectivity index (χ4n) is 2.20. The van der Waals surface area contributed by atoms with Crippen molar-refractivity contribution in [2.75, 3.05) is 46.1 Å². The summed E-state index contributed by atoms with van der Waals surface area (Å²) in [6.45, 7) is 8.42. The maximum absolute atomic E-state index is 5.84. The number of morpholine rings is 1. The van der Waals surface area contributed by atoms with Crippen molar-refractivity contribution in [2.45, 2.75) is 19.8 Å². The molecule has 4 nitrogen and oxygen atoms in total. The van der Waals surface area contributed by atoms with Gasteiger partial charge < -0.3 is 14.2 Å². The Labute approximate surface area is 121 Å². The van der Waals surface area contributed by atoms with Gasteiger partial charge >= 0.3 is 0 Å². The highest BCUT2D eigenvalue weighted by Crippen LogP contribution is 2.26. The molecule has 0 N–H and O–H groups in total. The number of hydrogen-bond acceptors (Lipinski definition) is 4. The predicted molar refractivity (Wildman–Crippen MR) is 79.6 cm³/mol. The van der Waals surface area contributed by atoms with Gasteiger partial charge in [0.15, 0.2) is 11.5 Å². The van der Waals surface area contributed by atoms with Crippen molar-refractivity contribution >= 4 is 0 Å². The van der Waals surface area contributed by atoms with E-state index in [2.05, 4.69) is 11.8 Å². The normalized spacial score (nSPS) is 16.1. The number of rotatable bonds is 8. The number of para-hydroxylation sites is 2. The lowest BCUT2D eigenvalue weighted by atomic mass is 10.3. The monoisotopic (exact) mass is 279 g/mol. The lowest BCUT2D eigenvalue weighted by Gasteiger charge is -2.26. The summed E-state index contributed by atoms with van der Waals surface area (Å²) >= 11 is 0. The van der Waals surface area contributed by atoms with Gasteiger partial charge in [-0.15, -0.1) is 0 Å². The van der Waals surface area contributed by atoms with E-state index in [0.717, 1.165) is 70.4 Å². The van der Waals surface area contributed by atoms with Crippen molar-refractivity contribution in [3.05, 3.63) is 24.3 Å². The SMILES string of the molecule is CCCOc1ccccc1OCCCN1CCOCC1. The Morgan fingerprint density at radius 1 is 1.05 bits per heavy atom. The standard InChI is InChI=1S/C16H25NO3/c1-2-11-19-15-6-3-4-7-16(15)20-12-5-8-17-9-13-18-14-10-17/h3-4,6-7H,2,5,8-14H2,1H3. The second-order valence-corrected chi connectivity index (χ2v) is 4.95. The van der Waals surface area contributed by atoms with Gasteiger partial charge in [0, 0.05) is 19.6 Å². The van der Waals surface area contributed by atoms with Gasteiger partial charge in [-0.2, -0.15) is 0 Å². The van der Waals surface area contributed by atoms with Crippen LogP contribution in [0.1, 0.15) is 19.8 Å². The van der Waals surface area contributed by atoms with Gasteiger partial charge in [0.1, 0.15) is 0 Å². The van der Waals surface area contributed by atoms with E-state index < -0.39 is 0 Å². The van der Waals surface area contributed by atoms with Crippen LogP contribution >= 0.6 is 0 Å². The fourth-order valence-corrected chi connectivity index (χ4v) is 2.20. The third-order valence-corrected chi connectivity index (χ3v) is 3.29. The molecule has 4 heteroatoms. The second kappa shape index (κ2) is 8.82. The minimum Gasteiger partial charge on any atom is -0.490 e. The van der Waals surface area contributed by atoms with Crippen molar-refractivity contribution in [1.82, 2.24) is 4.90 Å².